The molecular weight excluding hydrogens is 336 g/mol. The first-order valence-electron chi connectivity index (χ1n) is 8.79. The number of amides is 1. The zero-order chi connectivity index (χ0) is 19.5. The van der Waals surface area contributed by atoms with Gasteiger partial charge in [0.25, 0.3) is 11.6 Å². The van der Waals surface area contributed by atoms with Crippen molar-refractivity contribution in [3.63, 3.8) is 0 Å². The Kier molecular flexibility index (Phi) is 6.20. The minimum Gasteiger partial charge on any atom is -0.387 e. The second kappa shape index (κ2) is 8.01. The lowest BCUT2D eigenvalue weighted by Crippen LogP contribution is -2.58. The van der Waals surface area contributed by atoms with E-state index in [0.717, 1.165) is 13.1 Å². The zero-order valence-corrected chi connectivity index (χ0v) is 16.0. The number of hydrogen-bond donors (Lipinski definition) is 2. The Morgan fingerprint density at radius 2 is 1.96 bits per heavy atom. The smallest absolute Gasteiger partial charge is 0.270 e. The van der Waals surface area contributed by atoms with Crippen molar-refractivity contribution in [1.29, 1.82) is 0 Å². The predicted molar refractivity (Wildman–Crippen MR) is 101 cm³/mol. The summed E-state index contributed by atoms with van der Waals surface area (Å²) in [6.45, 7) is 10.3. The number of benzene rings is 1. The predicted octanol–water partition coefficient (Wildman–Crippen LogP) is 2.25. The first-order valence-corrected chi connectivity index (χ1v) is 8.79. The van der Waals surface area contributed by atoms with Crippen LogP contribution in [0.3, 0.4) is 0 Å². The van der Waals surface area contributed by atoms with Crippen LogP contribution in [0.5, 0.6) is 0 Å². The molecule has 1 fully saturated rings. The van der Waals surface area contributed by atoms with Crippen molar-refractivity contribution in [1.82, 2.24) is 10.2 Å². The van der Waals surface area contributed by atoms with Gasteiger partial charge in [0.2, 0.25) is 0 Å². The van der Waals surface area contributed by atoms with Crippen LogP contribution in [0.1, 0.15) is 38.1 Å². The molecule has 1 amide bonds. The van der Waals surface area contributed by atoms with Crippen molar-refractivity contribution in [2.24, 2.45) is 0 Å². The molecule has 2 rings (SSSR count). The maximum absolute atomic E-state index is 12.6. The van der Waals surface area contributed by atoms with E-state index in [4.69, 9.17) is 4.74 Å². The van der Waals surface area contributed by atoms with Crippen molar-refractivity contribution in [2.45, 2.75) is 45.4 Å². The van der Waals surface area contributed by atoms with E-state index in [9.17, 15) is 14.9 Å². The van der Waals surface area contributed by atoms with E-state index in [1.165, 1.54) is 12.1 Å². The summed E-state index contributed by atoms with van der Waals surface area (Å²) in [6.07, 6.45) is 0.280. The van der Waals surface area contributed by atoms with E-state index < -0.39 is 4.92 Å². The normalized spacial score (nSPS) is 21.3. The van der Waals surface area contributed by atoms with E-state index in [-0.39, 0.29) is 34.9 Å². The Bertz CT molecular complexity index is 667. The third kappa shape index (κ3) is 4.70. The van der Waals surface area contributed by atoms with Gasteiger partial charge in [0.05, 0.1) is 22.7 Å². The third-order valence-electron chi connectivity index (χ3n) is 4.69. The van der Waals surface area contributed by atoms with Crippen LogP contribution in [0.25, 0.3) is 0 Å². The largest absolute Gasteiger partial charge is 0.387 e. The van der Waals surface area contributed by atoms with Gasteiger partial charge in [-0.2, -0.15) is 0 Å². The summed E-state index contributed by atoms with van der Waals surface area (Å²) in [5.74, 6) is -0.333. The molecule has 1 heterocycles. The average molecular weight is 364 g/mol. The summed E-state index contributed by atoms with van der Waals surface area (Å²) in [4.78, 5) is 25.4. The van der Waals surface area contributed by atoms with E-state index in [1.807, 2.05) is 13.8 Å². The molecule has 0 saturated carbocycles. The average Bonchev–Trinajstić information content (AvgIpc) is 2.58. The highest BCUT2D eigenvalue weighted by molar-refractivity contribution is 6.00. The molecule has 0 aromatic heterocycles. The Morgan fingerprint density at radius 3 is 2.50 bits per heavy atom. The maximum atomic E-state index is 12.6. The monoisotopic (exact) mass is 364 g/mol. The number of hydrogen-bond acceptors (Lipinski definition) is 6. The standard InChI is InChI=1S/C18H28N4O4/c1-12-9-21(10-13(2)26-12)18(3,4)11-20-17(23)15-8-14(22(24)25)6-7-16(15)19-5/h6-8,12-13,19H,9-11H2,1-5H3,(H,20,23). The first kappa shape index (κ1) is 20.1. The van der Waals surface area contributed by atoms with Crippen LogP contribution in [0.2, 0.25) is 0 Å². The van der Waals surface area contributed by atoms with Crippen LogP contribution < -0.4 is 10.6 Å². The highest BCUT2D eigenvalue weighted by Gasteiger charge is 2.33. The van der Waals surface area contributed by atoms with Crippen molar-refractivity contribution < 1.29 is 14.5 Å². The molecule has 0 spiro atoms. The molecule has 2 N–H and O–H groups in total. The van der Waals surface area contributed by atoms with Crippen molar-refractivity contribution >= 4 is 17.3 Å². The molecule has 26 heavy (non-hydrogen) atoms. The van der Waals surface area contributed by atoms with Gasteiger partial charge in [-0.15, -0.1) is 0 Å². The van der Waals surface area contributed by atoms with Gasteiger partial charge in [-0.25, -0.2) is 0 Å². The highest BCUT2D eigenvalue weighted by Crippen LogP contribution is 2.23. The number of anilines is 1. The molecular formula is C18H28N4O4. The number of nitro groups is 1. The number of nitrogens with zero attached hydrogens (tertiary/aromatic N) is 2. The van der Waals surface area contributed by atoms with Crippen LogP contribution in [-0.2, 0) is 4.74 Å². The lowest BCUT2D eigenvalue weighted by molar-refractivity contribution is -0.384. The molecule has 2 atom stereocenters. The number of nitro benzene ring substituents is 1. The van der Waals surface area contributed by atoms with Crippen LogP contribution in [0.4, 0.5) is 11.4 Å². The van der Waals surface area contributed by atoms with Gasteiger partial charge in [-0.3, -0.25) is 19.8 Å². The summed E-state index contributed by atoms with van der Waals surface area (Å²) in [6, 6.07) is 4.22. The van der Waals surface area contributed by atoms with Crippen LogP contribution in [0, 0.1) is 10.1 Å². The molecule has 1 aliphatic rings. The molecule has 144 valence electrons. The van der Waals surface area contributed by atoms with E-state index in [0.29, 0.717) is 12.2 Å². The van der Waals surface area contributed by atoms with Gasteiger partial charge in [0, 0.05) is 50.0 Å². The molecule has 8 heteroatoms. The summed E-state index contributed by atoms with van der Waals surface area (Å²) in [5.41, 5.74) is 0.452. The minimum absolute atomic E-state index is 0.107. The Labute approximate surface area is 154 Å². The number of nitrogens with one attached hydrogen (secondary N) is 2. The van der Waals surface area contributed by atoms with Crippen molar-refractivity contribution in [2.75, 3.05) is 32.0 Å². The molecule has 1 aliphatic heterocycles. The number of rotatable bonds is 6. The number of non-ortho nitro benzene ring substituents is 1. The number of ether oxygens (including phenoxy) is 1. The van der Waals surface area contributed by atoms with Gasteiger partial charge in [-0.1, -0.05) is 0 Å². The van der Waals surface area contributed by atoms with Crippen molar-refractivity contribution in [3.8, 4) is 0 Å². The highest BCUT2D eigenvalue weighted by atomic mass is 16.6. The summed E-state index contributed by atoms with van der Waals surface area (Å²) in [7, 11) is 1.68. The minimum atomic E-state index is -0.503. The van der Waals surface area contributed by atoms with Crippen LogP contribution >= 0.6 is 0 Å². The SMILES string of the molecule is CNc1ccc([N+](=O)[O-])cc1C(=O)NCC(C)(C)N1CC(C)OC(C)C1. The molecule has 2 unspecified atom stereocenters. The van der Waals surface area contributed by atoms with E-state index in [2.05, 4.69) is 29.4 Å². The fourth-order valence-electron chi connectivity index (χ4n) is 3.23. The van der Waals surface area contributed by atoms with Gasteiger partial charge in [0.1, 0.15) is 0 Å². The second-order valence-electron chi connectivity index (χ2n) is 7.39. The van der Waals surface area contributed by atoms with Crippen LogP contribution in [0.15, 0.2) is 18.2 Å². The van der Waals surface area contributed by atoms with Gasteiger partial charge in [-0.05, 0) is 33.8 Å². The van der Waals surface area contributed by atoms with Gasteiger partial charge in [0.15, 0.2) is 0 Å². The van der Waals surface area contributed by atoms with Gasteiger partial charge >= 0.3 is 0 Å². The van der Waals surface area contributed by atoms with E-state index in [1.54, 1.807) is 13.1 Å². The second-order valence-corrected chi connectivity index (χ2v) is 7.39. The molecule has 0 radical (unpaired) electrons. The lowest BCUT2D eigenvalue weighted by atomic mass is 9.99. The Morgan fingerprint density at radius 1 is 1.35 bits per heavy atom. The fourth-order valence-corrected chi connectivity index (χ4v) is 3.23. The molecule has 1 aromatic rings. The number of carbonyl (C=O) groups is 1. The van der Waals surface area contributed by atoms with Crippen molar-refractivity contribution in [3.05, 3.63) is 33.9 Å². The lowest BCUT2D eigenvalue weighted by Gasteiger charge is -2.45. The van der Waals surface area contributed by atoms with Gasteiger partial charge < -0.3 is 15.4 Å². The first-order chi connectivity index (χ1) is 12.1. The van der Waals surface area contributed by atoms with Crippen LogP contribution in [-0.4, -0.2) is 60.2 Å². The summed E-state index contributed by atoms with van der Waals surface area (Å²) >= 11 is 0. The number of morpholine rings is 1. The molecule has 1 aromatic carbocycles. The number of carbonyl (C=O) groups excluding carboxylic acids is 1. The maximum Gasteiger partial charge on any atom is 0.270 e. The Balaban J connectivity index is 2.10. The fraction of sp³-hybridized carbons (Fsp3) is 0.611. The quantitative estimate of drug-likeness (QED) is 0.594. The van der Waals surface area contributed by atoms with E-state index >= 15 is 0 Å². The molecule has 8 nitrogen and oxygen atoms in total. The molecule has 1 saturated heterocycles. The Hall–Kier alpha value is -2.19. The zero-order valence-electron chi connectivity index (χ0n) is 16.0. The summed E-state index contributed by atoms with van der Waals surface area (Å²) < 4.78 is 5.77. The molecule has 0 bridgehead atoms. The summed E-state index contributed by atoms with van der Waals surface area (Å²) in [5, 5.41) is 16.8. The molecule has 0 aliphatic carbocycles. The third-order valence-corrected chi connectivity index (χ3v) is 4.69. The topological polar surface area (TPSA) is 96.7 Å².